The molecular formula is C8H10N2O2. The number of aromatic carboxylic acids is 1. The first-order chi connectivity index (χ1) is 5.61. The number of carboxylic acid groups (broad SMARTS) is 1. The third-order valence-corrected chi connectivity index (χ3v) is 1.49. The summed E-state index contributed by atoms with van der Waals surface area (Å²) in [6.45, 7) is 1.76. The molecule has 3 N–H and O–H groups in total. The zero-order valence-corrected chi connectivity index (χ0v) is 6.69. The fourth-order valence-corrected chi connectivity index (χ4v) is 0.830. The van der Waals surface area contributed by atoms with Crippen LogP contribution in [-0.4, -0.2) is 16.1 Å². The molecule has 0 fully saturated rings. The molecule has 0 aromatic carbocycles. The molecule has 0 bridgehead atoms. The lowest BCUT2D eigenvalue weighted by Crippen LogP contribution is -2.08. The molecule has 1 aromatic rings. The largest absolute Gasteiger partial charge is 0.478 e. The topological polar surface area (TPSA) is 76.2 Å². The average molecular weight is 166 g/mol. The van der Waals surface area contributed by atoms with Crippen LogP contribution in [0.25, 0.3) is 0 Å². The maximum absolute atomic E-state index is 10.5. The number of nitrogens with two attached hydrogens (primary N) is 1. The Morgan fingerprint density at radius 2 is 2.42 bits per heavy atom. The summed E-state index contributed by atoms with van der Waals surface area (Å²) in [5.41, 5.74) is 6.34. The van der Waals surface area contributed by atoms with Gasteiger partial charge in [0.1, 0.15) is 0 Å². The summed E-state index contributed by atoms with van der Waals surface area (Å²) in [5, 5.41) is 8.62. The van der Waals surface area contributed by atoms with Gasteiger partial charge in [-0.25, -0.2) is 4.79 Å². The van der Waals surface area contributed by atoms with E-state index in [0.29, 0.717) is 5.69 Å². The standard InChI is InChI=1S/C8H10N2O2/c1-5(9)7-4-6(8(11)12)2-3-10-7/h2-5H,9H2,1H3,(H,11,12). The van der Waals surface area contributed by atoms with Gasteiger partial charge in [-0.2, -0.15) is 0 Å². The minimum absolute atomic E-state index is 0.220. The van der Waals surface area contributed by atoms with Crippen LogP contribution in [-0.2, 0) is 0 Å². The maximum Gasteiger partial charge on any atom is 0.335 e. The number of hydrogen-bond donors (Lipinski definition) is 2. The van der Waals surface area contributed by atoms with E-state index in [-0.39, 0.29) is 11.6 Å². The Kier molecular flexibility index (Phi) is 2.40. The highest BCUT2D eigenvalue weighted by Crippen LogP contribution is 2.07. The van der Waals surface area contributed by atoms with Crippen molar-refractivity contribution >= 4 is 5.97 Å². The molecule has 4 heteroatoms. The minimum atomic E-state index is -0.959. The lowest BCUT2D eigenvalue weighted by atomic mass is 10.1. The number of hydrogen-bond acceptors (Lipinski definition) is 3. The monoisotopic (exact) mass is 166 g/mol. The van der Waals surface area contributed by atoms with Crippen LogP contribution in [0.2, 0.25) is 0 Å². The fourth-order valence-electron chi connectivity index (χ4n) is 0.830. The minimum Gasteiger partial charge on any atom is -0.478 e. The maximum atomic E-state index is 10.5. The number of aromatic nitrogens is 1. The highest BCUT2D eigenvalue weighted by Gasteiger charge is 2.06. The van der Waals surface area contributed by atoms with Crippen molar-refractivity contribution in [3.8, 4) is 0 Å². The molecule has 12 heavy (non-hydrogen) atoms. The third-order valence-electron chi connectivity index (χ3n) is 1.49. The smallest absolute Gasteiger partial charge is 0.335 e. The lowest BCUT2D eigenvalue weighted by Gasteiger charge is -2.03. The number of rotatable bonds is 2. The Hall–Kier alpha value is -1.42. The summed E-state index contributed by atoms with van der Waals surface area (Å²) in [6.07, 6.45) is 1.45. The van der Waals surface area contributed by atoms with Crippen LogP contribution in [0.1, 0.15) is 29.0 Å². The molecule has 1 rings (SSSR count). The second-order valence-electron chi connectivity index (χ2n) is 2.56. The summed E-state index contributed by atoms with van der Waals surface area (Å²) in [7, 11) is 0. The second kappa shape index (κ2) is 3.32. The van der Waals surface area contributed by atoms with Crippen LogP contribution in [0.5, 0.6) is 0 Å². The molecule has 0 radical (unpaired) electrons. The summed E-state index contributed by atoms with van der Waals surface area (Å²) >= 11 is 0. The number of pyridine rings is 1. The predicted molar refractivity (Wildman–Crippen MR) is 43.8 cm³/mol. The van der Waals surface area contributed by atoms with Gasteiger partial charge in [0.05, 0.1) is 11.3 Å². The van der Waals surface area contributed by atoms with Gasteiger partial charge in [-0.15, -0.1) is 0 Å². The molecule has 1 unspecified atom stereocenters. The number of carbonyl (C=O) groups is 1. The normalized spacial score (nSPS) is 12.5. The molecule has 0 aliphatic heterocycles. The summed E-state index contributed by atoms with van der Waals surface area (Å²) < 4.78 is 0. The second-order valence-corrected chi connectivity index (χ2v) is 2.56. The Labute approximate surface area is 70.0 Å². The predicted octanol–water partition coefficient (Wildman–Crippen LogP) is 0.800. The van der Waals surface area contributed by atoms with Crippen molar-refractivity contribution in [2.75, 3.05) is 0 Å². The van der Waals surface area contributed by atoms with Crippen molar-refractivity contribution < 1.29 is 9.90 Å². The fraction of sp³-hybridized carbons (Fsp3) is 0.250. The van der Waals surface area contributed by atoms with Crippen molar-refractivity contribution in [3.05, 3.63) is 29.6 Å². The first-order valence-corrected chi connectivity index (χ1v) is 3.56. The van der Waals surface area contributed by atoms with Crippen molar-refractivity contribution in [2.24, 2.45) is 5.73 Å². The molecule has 0 saturated carbocycles. The summed E-state index contributed by atoms with van der Waals surface area (Å²) in [5.74, 6) is -0.959. The molecule has 0 amide bonds. The Morgan fingerprint density at radius 1 is 1.75 bits per heavy atom. The van der Waals surface area contributed by atoms with Crippen LogP contribution in [0, 0.1) is 0 Å². The molecular weight excluding hydrogens is 156 g/mol. The number of carboxylic acids is 1. The molecule has 0 spiro atoms. The van der Waals surface area contributed by atoms with Gasteiger partial charge in [-0.1, -0.05) is 0 Å². The molecule has 0 aliphatic rings. The Morgan fingerprint density at radius 3 is 2.92 bits per heavy atom. The first-order valence-electron chi connectivity index (χ1n) is 3.56. The van der Waals surface area contributed by atoms with Crippen LogP contribution >= 0.6 is 0 Å². The number of nitrogens with zero attached hydrogens (tertiary/aromatic N) is 1. The zero-order chi connectivity index (χ0) is 9.14. The van der Waals surface area contributed by atoms with E-state index in [1.165, 1.54) is 18.3 Å². The molecule has 1 aromatic heterocycles. The SMILES string of the molecule is CC(N)c1cc(C(=O)O)ccn1. The van der Waals surface area contributed by atoms with Gasteiger partial charge >= 0.3 is 5.97 Å². The van der Waals surface area contributed by atoms with Gasteiger partial charge in [0.25, 0.3) is 0 Å². The van der Waals surface area contributed by atoms with Crippen LogP contribution < -0.4 is 5.73 Å². The van der Waals surface area contributed by atoms with E-state index in [0.717, 1.165) is 0 Å². The van der Waals surface area contributed by atoms with Gasteiger partial charge in [0.15, 0.2) is 0 Å². The van der Waals surface area contributed by atoms with E-state index in [1.807, 2.05) is 0 Å². The van der Waals surface area contributed by atoms with E-state index in [4.69, 9.17) is 10.8 Å². The van der Waals surface area contributed by atoms with E-state index < -0.39 is 5.97 Å². The van der Waals surface area contributed by atoms with Crippen LogP contribution in [0.15, 0.2) is 18.3 Å². The van der Waals surface area contributed by atoms with E-state index >= 15 is 0 Å². The molecule has 64 valence electrons. The van der Waals surface area contributed by atoms with Gasteiger partial charge < -0.3 is 10.8 Å². The molecule has 1 atom stereocenters. The zero-order valence-electron chi connectivity index (χ0n) is 6.69. The van der Waals surface area contributed by atoms with Gasteiger partial charge in [0, 0.05) is 12.2 Å². The van der Waals surface area contributed by atoms with Gasteiger partial charge in [0.2, 0.25) is 0 Å². The van der Waals surface area contributed by atoms with Crippen molar-refractivity contribution in [1.82, 2.24) is 4.98 Å². The molecule has 0 aliphatic carbocycles. The average Bonchev–Trinajstić information content (AvgIpc) is 2.04. The first kappa shape index (κ1) is 8.67. The molecule has 0 saturated heterocycles. The van der Waals surface area contributed by atoms with E-state index in [2.05, 4.69) is 4.98 Å². The van der Waals surface area contributed by atoms with E-state index in [9.17, 15) is 4.79 Å². The Bertz CT molecular complexity index is 297. The summed E-state index contributed by atoms with van der Waals surface area (Å²) in [4.78, 5) is 14.4. The van der Waals surface area contributed by atoms with Gasteiger partial charge in [-0.05, 0) is 19.1 Å². The van der Waals surface area contributed by atoms with Gasteiger partial charge in [-0.3, -0.25) is 4.98 Å². The Balaban J connectivity index is 3.04. The molecule has 4 nitrogen and oxygen atoms in total. The third kappa shape index (κ3) is 1.79. The van der Waals surface area contributed by atoms with Crippen molar-refractivity contribution in [1.29, 1.82) is 0 Å². The van der Waals surface area contributed by atoms with Crippen molar-refractivity contribution in [2.45, 2.75) is 13.0 Å². The lowest BCUT2D eigenvalue weighted by molar-refractivity contribution is 0.0696. The molecule has 1 heterocycles. The quantitative estimate of drug-likeness (QED) is 0.681. The highest BCUT2D eigenvalue weighted by atomic mass is 16.4. The van der Waals surface area contributed by atoms with E-state index in [1.54, 1.807) is 6.92 Å². The van der Waals surface area contributed by atoms with Crippen LogP contribution in [0.4, 0.5) is 0 Å². The summed E-state index contributed by atoms with van der Waals surface area (Å²) in [6, 6.07) is 2.69. The van der Waals surface area contributed by atoms with Crippen molar-refractivity contribution in [3.63, 3.8) is 0 Å². The highest BCUT2D eigenvalue weighted by molar-refractivity contribution is 5.87. The van der Waals surface area contributed by atoms with Crippen LogP contribution in [0.3, 0.4) is 0 Å².